The average molecular weight is 444 g/mol. The Labute approximate surface area is 178 Å². The van der Waals surface area contributed by atoms with E-state index >= 15 is 0 Å². The second kappa shape index (κ2) is 9.91. The lowest BCUT2D eigenvalue weighted by Gasteiger charge is -2.27. The lowest BCUT2D eigenvalue weighted by molar-refractivity contribution is -0.124. The van der Waals surface area contributed by atoms with Gasteiger partial charge in [-0.05, 0) is 37.0 Å². The number of carbonyl (C=O) groups excluding carboxylic acids is 2. The molecule has 0 radical (unpaired) electrons. The molecule has 162 valence electrons. The number of nitrogens with one attached hydrogen (secondary N) is 2. The van der Waals surface area contributed by atoms with Crippen molar-refractivity contribution in [3.05, 3.63) is 28.8 Å². The summed E-state index contributed by atoms with van der Waals surface area (Å²) in [5.74, 6) is -0.952. The summed E-state index contributed by atoms with van der Waals surface area (Å²) in [5.41, 5.74) is 0.0192. The molecule has 0 aromatic heterocycles. The molecule has 2 rings (SSSR count). The minimum absolute atomic E-state index is 0.0192. The molecule has 1 fully saturated rings. The molecule has 0 unspecified atom stereocenters. The van der Waals surface area contributed by atoms with Gasteiger partial charge < -0.3 is 10.6 Å². The van der Waals surface area contributed by atoms with Crippen molar-refractivity contribution >= 4 is 33.4 Å². The topological polar surface area (TPSA) is 95.6 Å². The summed E-state index contributed by atoms with van der Waals surface area (Å²) in [6.07, 6.45) is 5.25. The first-order valence-electron chi connectivity index (χ1n) is 9.87. The van der Waals surface area contributed by atoms with E-state index in [2.05, 4.69) is 10.6 Å². The van der Waals surface area contributed by atoms with E-state index in [0.29, 0.717) is 0 Å². The molecule has 1 aliphatic rings. The van der Waals surface area contributed by atoms with Crippen LogP contribution in [0, 0.1) is 5.92 Å². The first kappa shape index (κ1) is 23.6. The highest BCUT2D eigenvalue weighted by Gasteiger charge is 2.28. The van der Waals surface area contributed by atoms with Crippen molar-refractivity contribution in [2.24, 2.45) is 5.92 Å². The lowest BCUT2D eigenvalue weighted by atomic mass is 9.94. The van der Waals surface area contributed by atoms with Gasteiger partial charge in [0.2, 0.25) is 15.9 Å². The first-order chi connectivity index (χ1) is 13.5. The second-order valence-corrected chi connectivity index (χ2v) is 10.5. The van der Waals surface area contributed by atoms with Crippen LogP contribution in [0.3, 0.4) is 0 Å². The van der Waals surface area contributed by atoms with Gasteiger partial charge >= 0.3 is 0 Å². The smallest absolute Gasteiger partial charge is 0.253 e. The Morgan fingerprint density at radius 1 is 1.14 bits per heavy atom. The molecule has 0 aliphatic heterocycles. The van der Waals surface area contributed by atoms with Gasteiger partial charge in [-0.15, -0.1) is 0 Å². The highest BCUT2D eigenvalue weighted by Crippen LogP contribution is 2.23. The Morgan fingerprint density at radius 3 is 2.31 bits per heavy atom. The fraction of sp³-hybridized carbons (Fsp3) is 0.600. The van der Waals surface area contributed by atoms with Crippen molar-refractivity contribution in [3.8, 4) is 0 Å². The number of hydrogen-bond acceptors (Lipinski definition) is 4. The maximum Gasteiger partial charge on any atom is 0.253 e. The normalized spacial score (nSPS) is 16.7. The van der Waals surface area contributed by atoms with Gasteiger partial charge in [0.25, 0.3) is 5.91 Å². The third-order valence-electron chi connectivity index (χ3n) is 5.15. The largest absolute Gasteiger partial charge is 0.352 e. The fourth-order valence-corrected chi connectivity index (χ4v) is 4.47. The predicted molar refractivity (Wildman–Crippen MR) is 113 cm³/mol. The molecule has 1 aromatic rings. The zero-order valence-corrected chi connectivity index (χ0v) is 18.9. The predicted octanol–water partition coefficient (Wildman–Crippen LogP) is 2.79. The summed E-state index contributed by atoms with van der Waals surface area (Å²) in [6.45, 7) is 3.69. The van der Waals surface area contributed by atoms with Crippen LogP contribution in [0.25, 0.3) is 0 Å². The molecule has 1 aromatic carbocycles. The quantitative estimate of drug-likeness (QED) is 0.677. The minimum Gasteiger partial charge on any atom is -0.352 e. The molecule has 1 atom stereocenters. The van der Waals surface area contributed by atoms with Gasteiger partial charge in [0, 0.05) is 20.1 Å². The Bertz CT molecular complexity index is 849. The van der Waals surface area contributed by atoms with Crippen molar-refractivity contribution < 1.29 is 18.0 Å². The standard InChI is InChI=1S/C20H30ClN3O4S/c1-13(2)18(20(26)22-14-8-6-5-7-9-14)23-19(25)16-12-15(10-11-17(16)21)29(27,28)24(3)4/h10-14,18H,5-9H2,1-4H3,(H,22,26)(H,23,25)/t18-/m0/s1. The SMILES string of the molecule is CC(C)[C@H](NC(=O)c1cc(S(=O)(=O)N(C)C)ccc1Cl)C(=O)NC1CCCCC1. The molecule has 1 saturated carbocycles. The van der Waals surface area contributed by atoms with Crippen molar-refractivity contribution in [2.75, 3.05) is 14.1 Å². The lowest BCUT2D eigenvalue weighted by Crippen LogP contribution is -2.52. The molecule has 0 heterocycles. The molecular weight excluding hydrogens is 414 g/mol. The van der Waals surface area contributed by atoms with Gasteiger partial charge in [-0.25, -0.2) is 12.7 Å². The highest BCUT2D eigenvalue weighted by atomic mass is 35.5. The number of halogens is 1. The van der Waals surface area contributed by atoms with Crippen LogP contribution < -0.4 is 10.6 Å². The summed E-state index contributed by atoms with van der Waals surface area (Å²) in [5, 5.41) is 5.88. The third kappa shape index (κ3) is 5.93. The monoisotopic (exact) mass is 443 g/mol. The number of carbonyl (C=O) groups is 2. The van der Waals surface area contributed by atoms with Crippen LogP contribution in [0.4, 0.5) is 0 Å². The number of hydrogen-bond donors (Lipinski definition) is 2. The fourth-order valence-electron chi connectivity index (χ4n) is 3.34. The van der Waals surface area contributed by atoms with Crippen LogP contribution in [0.15, 0.2) is 23.1 Å². The summed E-state index contributed by atoms with van der Waals surface area (Å²) < 4.78 is 25.8. The van der Waals surface area contributed by atoms with Crippen molar-refractivity contribution in [1.29, 1.82) is 0 Å². The molecule has 2 N–H and O–H groups in total. The van der Waals surface area contributed by atoms with E-state index in [0.717, 1.165) is 30.0 Å². The molecular formula is C20H30ClN3O4S. The number of sulfonamides is 1. The molecule has 0 spiro atoms. The van der Waals surface area contributed by atoms with E-state index in [-0.39, 0.29) is 33.3 Å². The third-order valence-corrected chi connectivity index (χ3v) is 7.29. The van der Waals surface area contributed by atoms with Crippen LogP contribution in [-0.4, -0.2) is 50.7 Å². The number of nitrogens with zero attached hydrogens (tertiary/aromatic N) is 1. The number of amides is 2. The van der Waals surface area contributed by atoms with E-state index in [1.54, 1.807) is 0 Å². The average Bonchev–Trinajstić information content (AvgIpc) is 2.66. The van der Waals surface area contributed by atoms with Crippen LogP contribution in [-0.2, 0) is 14.8 Å². The number of benzene rings is 1. The second-order valence-electron chi connectivity index (χ2n) is 7.97. The maximum absolute atomic E-state index is 12.8. The van der Waals surface area contributed by atoms with Crippen molar-refractivity contribution in [2.45, 2.75) is 62.9 Å². The van der Waals surface area contributed by atoms with E-state index in [9.17, 15) is 18.0 Å². The van der Waals surface area contributed by atoms with E-state index < -0.39 is 22.0 Å². The van der Waals surface area contributed by atoms with Crippen LogP contribution in [0.1, 0.15) is 56.3 Å². The summed E-state index contributed by atoms with van der Waals surface area (Å²) in [6, 6.07) is 3.36. The Kier molecular flexibility index (Phi) is 8.08. The zero-order chi connectivity index (χ0) is 21.8. The van der Waals surface area contributed by atoms with Crippen molar-refractivity contribution in [3.63, 3.8) is 0 Å². The van der Waals surface area contributed by atoms with Gasteiger partial charge in [-0.3, -0.25) is 9.59 Å². The Morgan fingerprint density at radius 2 is 1.76 bits per heavy atom. The molecule has 29 heavy (non-hydrogen) atoms. The molecule has 0 saturated heterocycles. The summed E-state index contributed by atoms with van der Waals surface area (Å²) >= 11 is 6.15. The van der Waals surface area contributed by atoms with Crippen molar-refractivity contribution in [1.82, 2.24) is 14.9 Å². The first-order valence-corrected chi connectivity index (χ1v) is 11.7. The van der Waals surface area contributed by atoms with Crippen LogP contribution >= 0.6 is 11.6 Å². The summed E-state index contributed by atoms with van der Waals surface area (Å²) in [7, 11) is -0.893. The molecule has 9 heteroatoms. The molecule has 7 nitrogen and oxygen atoms in total. The van der Waals surface area contributed by atoms with E-state index in [1.807, 2.05) is 13.8 Å². The van der Waals surface area contributed by atoms with Crippen LogP contribution in [0.5, 0.6) is 0 Å². The van der Waals surface area contributed by atoms with E-state index in [1.165, 1.54) is 38.7 Å². The van der Waals surface area contributed by atoms with Gasteiger partial charge in [0.1, 0.15) is 6.04 Å². The molecule has 0 bridgehead atoms. The maximum atomic E-state index is 12.8. The Hall–Kier alpha value is -1.64. The molecule has 2 amide bonds. The zero-order valence-electron chi connectivity index (χ0n) is 17.4. The van der Waals surface area contributed by atoms with Crippen LogP contribution in [0.2, 0.25) is 5.02 Å². The summed E-state index contributed by atoms with van der Waals surface area (Å²) in [4.78, 5) is 25.6. The van der Waals surface area contributed by atoms with Gasteiger partial charge in [0.15, 0.2) is 0 Å². The van der Waals surface area contributed by atoms with E-state index in [4.69, 9.17) is 11.6 Å². The highest BCUT2D eigenvalue weighted by molar-refractivity contribution is 7.89. The van der Waals surface area contributed by atoms with Gasteiger partial charge in [0.05, 0.1) is 15.5 Å². The minimum atomic E-state index is -3.71. The number of rotatable bonds is 7. The molecule has 1 aliphatic carbocycles. The van der Waals surface area contributed by atoms with Gasteiger partial charge in [-0.1, -0.05) is 44.7 Å². The van der Waals surface area contributed by atoms with Gasteiger partial charge in [-0.2, -0.15) is 0 Å². The Balaban J connectivity index is 2.20.